The van der Waals surface area contributed by atoms with Crippen molar-refractivity contribution in [2.75, 3.05) is 28.7 Å². The number of carbonyl (C=O) groups is 5. The first kappa shape index (κ1) is 75.7. The number of anilines is 3. The quantitative estimate of drug-likeness (QED) is 0.0185. The normalized spacial score (nSPS) is 9.54. The van der Waals surface area contributed by atoms with Crippen LogP contribution in [0.1, 0.15) is 62.2 Å². The van der Waals surface area contributed by atoms with Gasteiger partial charge in [0.15, 0.2) is 17.0 Å². The minimum Gasteiger partial charge on any atom is -0.466 e. The first-order valence-corrected chi connectivity index (χ1v) is 30.9. The smallest absolute Gasteiger partial charge is 0.310 e. The molecule has 0 fully saturated rings. The molecule has 0 bridgehead atoms. The summed E-state index contributed by atoms with van der Waals surface area (Å²) in [5.41, 5.74) is 22.9. The van der Waals surface area contributed by atoms with Gasteiger partial charge in [0.2, 0.25) is 17.1 Å². The summed E-state index contributed by atoms with van der Waals surface area (Å²) in [6.07, 6.45) is 7.14. The molecule has 23 nitrogen and oxygen atoms in total. The summed E-state index contributed by atoms with van der Waals surface area (Å²) in [5.74, 6) is 0.670. The topological polar surface area (TPSA) is 347 Å². The van der Waals surface area contributed by atoms with E-state index in [4.69, 9.17) is 91.7 Å². The monoisotopic (exact) mass is 1520 g/mol. The van der Waals surface area contributed by atoms with Crippen molar-refractivity contribution in [3.63, 3.8) is 0 Å². The second kappa shape index (κ2) is 38.2. The van der Waals surface area contributed by atoms with Crippen molar-refractivity contribution in [2.24, 2.45) is 5.73 Å². The summed E-state index contributed by atoms with van der Waals surface area (Å²) in [5, 5.41) is 22.1. The number of aromatic amines is 2. The van der Waals surface area contributed by atoms with Crippen LogP contribution in [0.2, 0.25) is 0 Å². The van der Waals surface area contributed by atoms with E-state index in [9.17, 15) is 24.0 Å². The number of furan rings is 4. The fraction of sp³-hybridized carbons (Fsp3) is 0.109. The van der Waals surface area contributed by atoms with Crippen molar-refractivity contribution in [1.82, 2.24) is 15.0 Å². The number of ketones is 1. The van der Waals surface area contributed by atoms with E-state index in [-0.39, 0.29) is 50.5 Å². The number of alkyl halides is 1. The van der Waals surface area contributed by atoms with Gasteiger partial charge in [0.1, 0.15) is 60.0 Å². The summed E-state index contributed by atoms with van der Waals surface area (Å²) in [6, 6.07) is 32.5. The van der Waals surface area contributed by atoms with E-state index in [0.717, 1.165) is 14.5 Å². The van der Waals surface area contributed by atoms with Crippen LogP contribution in [0.5, 0.6) is 0 Å². The summed E-state index contributed by atoms with van der Waals surface area (Å²) in [7, 11) is 0. The number of aryl methyl sites for hydroxylation is 2. The molecule has 0 saturated heterocycles. The number of fused-ring (bicyclic) bond motifs is 1. The Morgan fingerprint density at radius 2 is 1.20 bits per heavy atom. The van der Waals surface area contributed by atoms with Crippen molar-refractivity contribution in [3.8, 4) is 46.1 Å². The van der Waals surface area contributed by atoms with E-state index < -0.39 is 11.9 Å². The predicted molar refractivity (Wildman–Crippen MR) is 376 cm³/mol. The van der Waals surface area contributed by atoms with E-state index in [1.165, 1.54) is 50.2 Å². The Kier molecular flexibility index (Phi) is 30.7. The molecule has 94 heavy (non-hydrogen) atoms. The Bertz CT molecular complexity index is 4580. The maximum absolute atomic E-state index is 12.8. The molecule has 0 saturated carbocycles. The van der Waals surface area contributed by atoms with Gasteiger partial charge in [-0.25, -0.2) is 21.1 Å². The first-order chi connectivity index (χ1) is 44.9. The molecule has 2 aromatic carbocycles. The van der Waals surface area contributed by atoms with Crippen molar-refractivity contribution in [3.05, 3.63) is 225 Å². The molecule has 8 heterocycles. The van der Waals surface area contributed by atoms with E-state index in [0.29, 0.717) is 112 Å². The Balaban J connectivity index is 0.000000250. The van der Waals surface area contributed by atoms with Gasteiger partial charge in [0, 0.05) is 68.4 Å². The molecule has 30 heteroatoms. The van der Waals surface area contributed by atoms with E-state index in [2.05, 4.69) is 109 Å². The number of pyridine rings is 3. The van der Waals surface area contributed by atoms with Gasteiger partial charge in [-0.2, -0.15) is 10.5 Å². The molecule has 0 unspecified atom stereocenters. The number of ether oxygens (including phenoxy) is 1. The van der Waals surface area contributed by atoms with Crippen LogP contribution in [0, 0.1) is 72.1 Å². The zero-order valence-electron chi connectivity index (χ0n) is 49.5. The number of thiocarbonyl (C=S) groups is 1. The minimum atomic E-state index is -0.562. The number of nitrogen functional groups attached to an aromatic ring is 2. The third kappa shape index (κ3) is 22.0. The van der Waals surface area contributed by atoms with Crippen molar-refractivity contribution in [2.45, 2.75) is 34.1 Å². The highest BCUT2D eigenvalue weighted by molar-refractivity contribution is 9.10. The average molecular weight is 1530 g/mol. The van der Waals surface area contributed by atoms with Crippen LogP contribution in [0.3, 0.4) is 0 Å². The molecule has 1 amide bonds. The Morgan fingerprint density at radius 3 is 1.60 bits per heavy atom. The van der Waals surface area contributed by atoms with Gasteiger partial charge in [-0.1, -0.05) is 96.6 Å². The molecular weight excluding hydrogens is 1480 g/mol. The molecule has 10 rings (SSSR count). The van der Waals surface area contributed by atoms with E-state index >= 15 is 0 Å². The highest BCUT2D eigenvalue weighted by Crippen LogP contribution is 2.46. The van der Waals surface area contributed by atoms with Gasteiger partial charge in [-0.05, 0) is 104 Å². The standard InChI is InChI=1S/C20H13BrN4O2S.C12H7N3OS.C11H6N4OS.C9H8Br2O.C5H4O2.C4H6O3.C3H4N2S/c1-10-17(23-2)14(13-4-3-9-27-13)15-16(22)18(28-20(15)24-10)19(26)25-12-7-5-11(21)6-8-12;1-7-11(14-2)10(9-4-3-5-16-9)8(6-13)12(17)15-7;1-14-9-8(7-3-2-4-16-7)6(5-12)11(17)15-10(9)13;10-6-9(12)5-7-1-3-8(11)4-2-7;6-4-5-2-1-3-7-5;1-3(5)7-4(2)6;1-5-2-3(4)6/h3-9H,22H2,1H3,(H,25,26);3-5H,1H3,(H,15,17);2-4H,(H3,13,15,17);1-4H,5-6H2;1-4H;1-2H3;2H2,(H2,4,6). The predicted octanol–water partition coefficient (Wildman–Crippen LogP) is 17.1. The number of halogens is 3. The van der Waals surface area contributed by atoms with E-state index in [1.807, 2.05) is 48.5 Å². The Hall–Kier alpha value is -10.8. The molecule has 0 radical (unpaired) electrons. The van der Waals surface area contributed by atoms with Gasteiger partial charge in [-0.3, -0.25) is 29.0 Å². The van der Waals surface area contributed by atoms with Crippen molar-refractivity contribution in [1.29, 1.82) is 10.5 Å². The largest absolute Gasteiger partial charge is 0.466 e. The number of aldehydes is 1. The zero-order valence-corrected chi connectivity index (χ0v) is 57.5. The number of carbonyl (C=O) groups excluding carboxylic acids is 5. The van der Waals surface area contributed by atoms with Crippen LogP contribution in [-0.4, -0.2) is 61.7 Å². The highest BCUT2D eigenvalue weighted by atomic mass is 79.9. The van der Waals surface area contributed by atoms with Crippen molar-refractivity contribution < 1.29 is 46.4 Å². The second-order valence-corrected chi connectivity index (χ2v) is 22.8. The van der Waals surface area contributed by atoms with Crippen LogP contribution in [-0.2, 0) is 25.5 Å². The number of nitrogens with two attached hydrogens (primary N) is 3. The van der Waals surface area contributed by atoms with Crippen LogP contribution in [0.4, 0.5) is 34.3 Å². The van der Waals surface area contributed by atoms with E-state index in [1.54, 1.807) is 74.5 Å². The lowest BCUT2D eigenvalue weighted by molar-refractivity contribution is -0.156. The fourth-order valence-electron chi connectivity index (χ4n) is 7.57. The Labute approximate surface area is 581 Å². The van der Waals surface area contributed by atoms with Crippen LogP contribution in [0.25, 0.3) is 63.6 Å². The lowest BCUT2D eigenvalue weighted by atomic mass is 10.0. The third-order valence-electron chi connectivity index (χ3n) is 11.4. The fourth-order valence-corrected chi connectivity index (χ4v) is 9.97. The van der Waals surface area contributed by atoms with Crippen LogP contribution >= 0.6 is 95.8 Å². The minimum absolute atomic E-state index is 0.135. The number of hydrogen-bond donors (Lipinski definition) is 6. The number of rotatable bonds is 10. The summed E-state index contributed by atoms with van der Waals surface area (Å²) < 4.78 is 27.1. The van der Waals surface area contributed by atoms with Gasteiger partial charge in [-0.15, -0.1) is 11.3 Å². The molecular formula is C64H48Br3N13O10S4. The average Bonchev–Trinajstić information content (AvgIpc) is 1.57. The SMILES string of the molecule is CC(=O)OC(C)=O.O=C(CBr)Cc1ccc(Br)cc1.O=Cc1ccco1.[C-]#[N+]CC(N)=S.[C-]#[N+]c1c(C)[nH]c(=S)c(C#N)c1-c1ccco1.[C-]#[N+]c1c(C)nc2sc(C(=O)Nc3ccc(Br)cc3)c(N)c2c1-c1ccco1.[C-]#[N+]c1c(N)[nH]c(=S)c(C#N)c1-c1ccco1. The number of benzene rings is 2. The van der Waals surface area contributed by atoms with Gasteiger partial charge in [0.25, 0.3) is 12.5 Å². The molecule has 8 aromatic heterocycles. The molecule has 0 aliphatic carbocycles. The number of nitriles is 2. The number of esters is 2. The zero-order chi connectivity index (χ0) is 69.6. The third-order valence-corrected chi connectivity index (χ3v) is 15.0. The number of nitrogens with one attached hydrogen (secondary N) is 3. The lowest BCUT2D eigenvalue weighted by Gasteiger charge is -2.07. The number of thiophene rings is 1. The molecule has 0 atom stereocenters. The van der Waals surface area contributed by atoms with Gasteiger partial charge in [0.05, 0.1) is 66.9 Å². The molecule has 9 N–H and O–H groups in total. The van der Waals surface area contributed by atoms with Gasteiger partial charge < -0.3 is 59.7 Å². The number of aromatic nitrogens is 3. The van der Waals surface area contributed by atoms with Gasteiger partial charge >= 0.3 is 11.9 Å². The number of nitrogens with zero attached hydrogens (tertiary/aromatic N) is 7. The molecule has 10 aromatic rings. The van der Waals surface area contributed by atoms with Crippen molar-refractivity contribution >= 4 is 175 Å². The molecule has 0 aliphatic heterocycles. The number of amides is 1. The molecule has 474 valence electrons. The number of hydrogen-bond acceptors (Lipinski definition) is 19. The summed E-state index contributed by atoms with van der Waals surface area (Å²) in [4.78, 5) is 77.7. The maximum Gasteiger partial charge on any atom is 0.310 e. The highest BCUT2D eigenvalue weighted by Gasteiger charge is 2.26. The second-order valence-electron chi connectivity index (χ2n) is 18.0. The lowest BCUT2D eigenvalue weighted by Crippen LogP contribution is -2.11. The summed E-state index contributed by atoms with van der Waals surface area (Å²) >= 11 is 25.5. The maximum atomic E-state index is 12.8. The van der Waals surface area contributed by atoms with Crippen LogP contribution in [0.15, 0.2) is 149 Å². The summed E-state index contributed by atoms with van der Waals surface area (Å²) in [6.45, 7) is 34.1. The number of H-pyrrole nitrogens is 2. The first-order valence-electron chi connectivity index (χ1n) is 26.2. The van der Waals surface area contributed by atoms with Crippen LogP contribution < -0.4 is 22.5 Å². The molecule has 0 spiro atoms. The Morgan fingerprint density at radius 1 is 0.723 bits per heavy atom. The molecule has 0 aliphatic rings. The number of Topliss-reactive ketones (excluding diaryl/α,β-unsaturated/α-hetero) is 1.